The summed E-state index contributed by atoms with van der Waals surface area (Å²) in [7, 11) is 0. The molecule has 0 fully saturated rings. The highest BCUT2D eigenvalue weighted by molar-refractivity contribution is 5.03. The van der Waals surface area contributed by atoms with Gasteiger partial charge in [-0.05, 0) is 0 Å². The lowest BCUT2D eigenvalue weighted by molar-refractivity contribution is -0.468. The Hall–Kier alpha value is -1.16. The SMILES string of the molecule is FC(F)(F)C(F)(F)C(F)(F)COC(C(F)(F)F)(C(F)(F)F)C(F)(F)F. The minimum absolute atomic E-state index is 1.96. The maximum Gasteiger partial charge on any atom is 0.459 e. The van der Waals surface area contributed by atoms with Gasteiger partial charge in [0, 0.05) is 0 Å². The summed E-state index contributed by atoms with van der Waals surface area (Å²) in [4.78, 5) is 0. The smallest absolute Gasteiger partial charge is 0.345 e. The fourth-order valence-corrected chi connectivity index (χ4v) is 1.22. The summed E-state index contributed by atoms with van der Waals surface area (Å²) in [5, 5.41) is 0. The van der Waals surface area contributed by atoms with Gasteiger partial charge in [-0.3, -0.25) is 0 Å². The molecule has 0 N–H and O–H groups in total. The topological polar surface area (TPSA) is 9.23 Å². The van der Waals surface area contributed by atoms with Crippen LogP contribution in [0.3, 0.4) is 0 Å². The van der Waals surface area contributed by atoms with Crippen LogP contribution >= 0.6 is 0 Å². The summed E-state index contributed by atoms with van der Waals surface area (Å²) >= 11 is 0. The van der Waals surface area contributed by atoms with Crippen molar-refractivity contribution in [3.63, 3.8) is 0 Å². The van der Waals surface area contributed by atoms with Gasteiger partial charge in [-0.25, -0.2) is 0 Å². The van der Waals surface area contributed by atoms with Crippen LogP contribution in [-0.4, -0.2) is 48.8 Å². The van der Waals surface area contributed by atoms with Gasteiger partial charge in [0.1, 0.15) is 6.61 Å². The Morgan fingerprint density at radius 3 is 0.920 bits per heavy atom. The van der Waals surface area contributed by atoms with Crippen LogP contribution in [0.2, 0.25) is 0 Å². The van der Waals surface area contributed by atoms with Gasteiger partial charge in [-0.15, -0.1) is 0 Å². The van der Waals surface area contributed by atoms with Crippen molar-refractivity contribution in [2.75, 3.05) is 6.61 Å². The molecule has 0 aromatic carbocycles. The molecule has 0 amide bonds. The Morgan fingerprint density at radius 2 is 0.720 bits per heavy atom. The maximum absolute atomic E-state index is 12.7. The van der Waals surface area contributed by atoms with Gasteiger partial charge in [0.25, 0.3) is 0 Å². The molecule has 0 spiro atoms. The third kappa shape index (κ3) is 3.84. The van der Waals surface area contributed by atoms with Gasteiger partial charge in [-0.2, -0.15) is 70.2 Å². The number of hydrogen-bond acceptors (Lipinski definition) is 1. The van der Waals surface area contributed by atoms with Crippen molar-refractivity contribution in [3.05, 3.63) is 0 Å². The summed E-state index contributed by atoms with van der Waals surface area (Å²) in [5.74, 6) is -14.2. The molecule has 0 atom stereocenters. The standard InChI is InChI=1S/C8H2F16O/c9-2(10,4(11,12)8(22,23)24)1-25-3(5(13,14)15,6(16,17)18)7(19,20)21/h1H2. The molecule has 0 aliphatic carbocycles. The Balaban J connectivity index is 6.13. The number of ether oxygens (including phenoxy) is 1. The van der Waals surface area contributed by atoms with Crippen LogP contribution < -0.4 is 0 Å². The lowest BCUT2D eigenvalue weighted by Gasteiger charge is -2.39. The van der Waals surface area contributed by atoms with Gasteiger partial charge in [0.05, 0.1) is 0 Å². The first-order valence-corrected chi connectivity index (χ1v) is 5.12. The Kier molecular flexibility index (Phi) is 5.66. The molecule has 17 heteroatoms. The Morgan fingerprint density at radius 1 is 0.440 bits per heavy atom. The molecule has 0 heterocycles. The van der Waals surface area contributed by atoms with E-state index >= 15 is 0 Å². The van der Waals surface area contributed by atoms with Crippen LogP contribution in [0, 0.1) is 0 Å². The summed E-state index contributed by atoms with van der Waals surface area (Å²) in [6.45, 7) is -4.20. The van der Waals surface area contributed by atoms with Crippen LogP contribution in [-0.2, 0) is 4.74 Å². The van der Waals surface area contributed by atoms with Gasteiger partial charge in [0.15, 0.2) is 0 Å². The van der Waals surface area contributed by atoms with Crippen molar-refractivity contribution < 1.29 is 75.0 Å². The van der Waals surface area contributed by atoms with Gasteiger partial charge >= 0.3 is 42.2 Å². The minimum Gasteiger partial charge on any atom is -0.345 e. The predicted octanol–water partition coefficient (Wildman–Crippen LogP) is 5.26. The highest BCUT2D eigenvalue weighted by Crippen LogP contribution is 2.56. The lowest BCUT2D eigenvalue weighted by atomic mass is 10.0. The second-order valence-corrected chi connectivity index (χ2v) is 4.24. The van der Waals surface area contributed by atoms with Crippen LogP contribution in [0.25, 0.3) is 0 Å². The van der Waals surface area contributed by atoms with Crippen LogP contribution in [0.15, 0.2) is 0 Å². The highest BCUT2D eigenvalue weighted by Gasteiger charge is 2.86. The van der Waals surface area contributed by atoms with E-state index in [-0.39, 0.29) is 0 Å². The van der Waals surface area contributed by atoms with Gasteiger partial charge in [0.2, 0.25) is 0 Å². The average molecular weight is 418 g/mol. The van der Waals surface area contributed by atoms with Crippen LogP contribution in [0.4, 0.5) is 70.2 Å². The molecule has 152 valence electrons. The van der Waals surface area contributed by atoms with E-state index in [0.29, 0.717) is 0 Å². The zero-order chi connectivity index (χ0) is 20.9. The molecule has 1 nitrogen and oxygen atoms in total. The number of halogens is 16. The molecular formula is C8H2F16O. The van der Waals surface area contributed by atoms with E-state index < -0.39 is 48.8 Å². The molecular weight excluding hydrogens is 416 g/mol. The fraction of sp³-hybridized carbons (Fsp3) is 1.00. The summed E-state index contributed by atoms with van der Waals surface area (Å²) in [6.07, 6.45) is -29.9. The first kappa shape index (κ1) is 23.8. The molecule has 0 saturated carbocycles. The van der Waals surface area contributed by atoms with E-state index in [9.17, 15) is 70.2 Å². The fourth-order valence-electron chi connectivity index (χ4n) is 1.22. The summed E-state index contributed by atoms with van der Waals surface area (Å²) in [5.41, 5.74) is -7.42. The summed E-state index contributed by atoms with van der Waals surface area (Å²) in [6, 6.07) is 0. The van der Waals surface area contributed by atoms with Crippen molar-refractivity contribution in [2.45, 2.75) is 42.2 Å². The molecule has 0 saturated heterocycles. The second-order valence-electron chi connectivity index (χ2n) is 4.24. The van der Waals surface area contributed by atoms with Crippen LogP contribution in [0.1, 0.15) is 0 Å². The Labute approximate surface area is 125 Å². The number of alkyl halides is 16. The lowest BCUT2D eigenvalue weighted by Crippen LogP contribution is -2.69. The molecule has 0 aromatic heterocycles. The molecule has 25 heavy (non-hydrogen) atoms. The first-order valence-electron chi connectivity index (χ1n) is 5.12. The molecule has 0 bridgehead atoms. The van der Waals surface area contributed by atoms with Crippen molar-refractivity contribution in [1.82, 2.24) is 0 Å². The van der Waals surface area contributed by atoms with E-state index in [1.165, 1.54) is 0 Å². The van der Waals surface area contributed by atoms with E-state index in [0.717, 1.165) is 0 Å². The van der Waals surface area contributed by atoms with E-state index in [1.807, 2.05) is 4.74 Å². The summed E-state index contributed by atoms with van der Waals surface area (Å²) < 4.78 is 197. The van der Waals surface area contributed by atoms with E-state index in [2.05, 4.69) is 0 Å². The average Bonchev–Trinajstić information content (AvgIpc) is 2.20. The molecule has 0 aromatic rings. The van der Waals surface area contributed by atoms with Crippen molar-refractivity contribution >= 4 is 0 Å². The number of rotatable bonds is 4. The first-order chi connectivity index (χ1) is 10.5. The highest BCUT2D eigenvalue weighted by atomic mass is 19.4. The molecule has 0 aliphatic rings. The van der Waals surface area contributed by atoms with Crippen molar-refractivity contribution in [2.24, 2.45) is 0 Å². The predicted molar refractivity (Wildman–Crippen MR) is 42.8 cm³/mol. The Bertz CT molecular complexity index is 424. The molecule has 0 radical (unpaired) electrons. The minimum atomic E-state index is -7.58. The maximum atomic E-state index is 12.7. The van der Waals surface area contributed by atoms with Gasteiger partial charge in [-0.1, -0.05) is 0 Å². The largest absolute Gasteiger partial charge is 0.459 e. The molecule has 0 unspecified atom stereocenters. The van der Waals surface area contributed by atoms with E-state index in [1.54, 1.807) is 0 Å². The third-order valence-corrected chi connectivity index (χ3v) is 2.48. The number of hydrogen-bond donors (Lipinski definition) is 0. The quantitative estimate of drug-likeness (QED) is 0.566. The zero-order valence-corrected chi connectivity index (χ0v) is 10.7. The van der Waals surface area contributed by atoms with E-state index in [4.69, 9.17) is 0 Å². The monoisotopic (exact) mass is 418 g/mol. The molecule has 0 rings (SSSR count). The van der Waals surface area contributed by atoms with Crippen LogP contribution in [0.5, 0.6) is 0 Å². The zero-order valence-electron chi connectivity index (χ0n) is 10.7. The van der Waals surface area contributed by atoms with Gasteiger partial charge < -0.3 is 4.74 Å². The molecule has 0 aliphatic heterocycles. The normalized spacial score (nSPS) is 16.3. The van der Waals surface area contributed by atoms with Crippen molar-refractivity contribution in [3.8, 4) is 0 Å². The third-order valence-electron chi connectivity index (χ3n) is 2.48. The van der Waals surface area contributed by atoms with Crippen molar-refractivity contribution in [1.29, 1.82) is 0 Å². The second kappa shape index (κ2) is 5.94.